The molecule has 3 heteroatoms. The number of carbonyl (C=O) groups is 1. The molecule has 0 aromatic heterocycles. The van der Waals surface area contributed by atoms with Crippen LogP contribution < -0.4 is 5.32 Å². The lowest BCUT2D eigenvalue weighted by molar-refractivity contribution is -0.131. The van der Waals surface area contributed by atoms with Gasteiger partial charge in [0, 0.05) is 12.1 Å². The molecule has 1 saturated heterocycles. The van der Waals surface area contributed by atoms with Crippen molar-refractivity contribution in [2.75, 3.05) is 20.6 Å². The standard InChI is InChI=1S/C15H28N2O/c1-4-5-6-15(17(2)3)9-7-14(8-10-15)11-12-16-13(14)18/h4-12H2,1-3H3,(H,16,18). The molecule has 1 spiro atoms. The van der Waals surface area contributed by atoms with Crippen LogP contribution in [-0.2, 0) is 4.79 Å². The number of nitrogens with zero attached hydrogens (tertiary/aromatic N) is 1. The Morgan fingerprint density at radius 3 is 2.28 bits per heavy atom. The molecule has 0 atom stereocenters. The van der Waals surface area contributed by atoms with Gasteiger partial charge in [-0.2, -0.15) is 0 Å². The molecule has 3 nitrogen and oxygen atoms in total. The van der Waals surface area contributed by atoms with Crippen LogP contribution in [0.4, 0.5) is 0 Å². The molecule has 1 aliphatic heterocycles. The van der Waals surface area contributed by atoms with Crippen LogP contribution in [0.25, 0.3) is 0 Å². The molecule has 1 aliphatic carbocycles. The third kappa shape index (κ3) is 2.29. The van der Waals surface area contributed by atoms with Crippen molar-refractivity contribution in [1.82, 2.24) is 10.2 Å². The van der Waals surface area contributed by atoms with E-state index in [2.05, 4.69) is 31.2 Å². The normalized spacial score (nSPS) is 36.3. The van der Waals surface area contributed by atoms with Crippen molar-refractivity contribution < 1.29 is 4.79 Å². The Morgan fingerprint density at radius 1 is 1.17 bits per heavy atom. The molecular weight excluding hydrogens is 224 g/mol. The molecule has 1 amide bonds. The van der Waals surface area contributed by atoms with Gasteiger partial charge >= 0.3 is 0 Å². The Bertz CT molecular complexity index is 304. The molecule has 0 unspecified atom stereocenters. The minimum absolute atomic E-state index is 0.00821. The van der Waals surface area contributed by atoms with Crippen molar-refractivity contribution in [2.24, 2.45) is 5.41 Å². The lowest BCUT2D eigenvalue weighted by atomic mass is 9.65. The van der Waals surface area contributed by atoms with E-state index in [4.69, 9.17) is 0 Å². The van der Waals surface area contributed by atoms with Crippen molar-refractivity contribution in [3.05, 3.63) is 0 Å². The van der Waals surface area contributed by atoms with E-state index in [-0.39, 0.29) is 5.41 Å². The fourth-order valence-corrected chi connectivity index (χ4v) is 3.81. The van der Waals surface area contributed by atoms with Gasteiger partial charge < -0.3 is 10.2 Å². The first-order valence-corrected chi connectivity index (χ1v) is 7.50. The molecule has 2 rings (SSSR count). The Hall–Kier alpha value is -0.570. The number of hydrogen-bond acceptors (Lipinski definition) is 2. The van der Waals surface area contributed by atoms with E-state index in [0.717, 1.165) is 25.8 Å². The fourth-order valence-electron chi connectivity index (χ4n) is 3.81. The van der Waals surface area contributed by atoms with Gasteiger partial charge in [0.2, 0.25) is 5.91 Å². The zero-order valence-corrected chi connectivity index (χ0v) is 12.2. The van der Waals surface area contributed by atoms with Gasteiger partial charge in [0.1, 0.15) is 0 Å². The van der Waals surface area contributed by atoms with Gasteiger partial charge in [0.05, 0.1) is 5.41 Å². The molecule has 1 saturated carbocycles. The summed E-state index contributed by atoms with van der Waals surface area (Å²) in [6, 6.07) is 0. The van der Waals surface area contributed by atoms with E-state index in [9.17, 15) is 4.79 Å². The second kappa shape index (κ2) is 5.20. The van der Waals surface area contributed by atoms with E-state index in [1.807, 2.05) is 0 Å². The Balaban J connectivity index is 2.04. The highest BCUT2D eigenvalue weighted by molar-refractivity contribution is 5.84. The molecule has 2 fully saturated rings. The predicted molar refractivity (Wildman–Crippen MR) is 74.5 cm³/mol. The van der Waals surface area contributed by atoms with Crippen molar-refractivity contribution in [3.63, 3.8) is 0 Å². The summed E-state index contributed by atoms with van der Waals surface area (Å²) in [6.07, 6.45) is 9.46. The monoisotopic (exact) mass is 252 g/mol. The van der Waals surface area contributed by atoms with E-state index in [1.165, 1.54) is 32.1 Å². The third-order valence-electron chi connectivity index (χ3n) is 5.45. The van der Waals surface area contributed by atoms with Gasteiger partial charge in [-0.05, 0) is 52.6 Å². The van der Waals surface area contributed by atoms with Gasteiger partial charge in [-0.3, -0.25) is 4.79 Å². The SMILES string of the molecule is CCCCC1(N(C)C)CCC2(CCNC2=O)CC1. The highest BCUT2D eigenvalue weighted by Crippen LogP contribution is 2.48. The van der Waals surface area contributed by atoms with Crippen molar-refractivity contribution in [1.29, 1.82) is 0 Å². The third-order valence-corrected chi connectivity index (χ3v) is 5.45. The number of carbonyl (C=O) groups excluding carboxylic acids is 1. The van der Waals surface area contributed by atoms with Crippen LogP contribution in [0, 0.1) is 5.41 Å². The lowest BCUT2D eigenvalue weighted by Crippen LogP contribution is -2.50. The molecule has 2 aliphatic rings. The number of hydrogen-bond donors (Lipinski definition) is 1. The predicted octanol–water partition coefficient (Wildman–Crippen LogP) is 2.56. The van der Waals surface area contributed by atoms with Crippen LogP contribution in [0.5, 0.6) is 0 Å². The second-order valence-electron chi connectivity index (χ2n) is 6.51. The average molecular weight is 252 g/mol. The second-order valence-corrected chi connectivity index (χ2v) is 6.51. The minimum Gasteiger partial charge on any atom is -0.356 e. The lowest BCUT2D eigenvalue weighted by Gasteiger charge is -2.48. The van der Waals surface area contributed by atoms with Gasteiger partial charge in [0.25, 0.3) is 0 Å². The maximum Gasteiger partial charge on any atom is 0.226 e. The maximum absolute atomic E-state index is 12.0. The molecule has 0 aromatic rings. The Labute approximate surface area is 111 Å². The number of amides is 1. The zero-order chi connectivity index (χ0) is 13.2. The number of unbranched alkanes of at least 4 members (excludes halogenated alkanes) is 1. The summed E-state index contributed by atoms with van der Waals surface area (Å²) in [4.78, 5) is 14.4. The molecule has 1 N–H and O–H groups in total. The van der Waals surface area contributed by atoms with Crippen LogP contribution in [0.15, 0.2) is 0 Å². The number of rotatable bonds is 4. The van der Waals surface area contributed by atoms with Gasteiger partial charge in [-0.1, -0.05) is 19.8 Å². The van der Waals surface area contributed by atoms with Crippen LogP contribution in [0.1, 0.15) is 58.3 Å². The molecule has 18 heavy (non-hydrogen) atoms. The van der Waals surface area contributed by atoms with Crippen molar-refractivity contribution in [3.8, 4) is 0 Å². The van der Waals surface area contributed by atoms with Crippen LogP contribution in [-0.4, -0.2) is 37.0 Å². The summed E-state index contributed by atoms with van der Waals surface area (Å²) in [5.41, 5.74) is 0.343. The fraction of sp³-hybridized carbons (Fsp3) is 0.933. The minimum atomic E-state index is -0.00821. The highest BCUT2D eigenvalue weighted by atomic mass is 16.2. The highest BCUT2D eigenvalue weighted by Gasteiger charge is 2.49. The smallest absolute Gasteiger partial charge is 0.226 e. The molecule has 104 valence electrons. The molecule has 0 radical (unpaired) electrons. The topological polar surface area (TPSA) is 32.3 Å². The van der Waals surface area contributed by atoms with E-state index in [0.29, 0.717) is 11.4 Å². The van der Waals surface area contributed by atoms with Gasteiger partial charge in [-0.15, -0.1) is 0 Å². The molecule has 0 aromatic carbocycles. The Morgan fingerprint density at radius 2 is 1.83 bits per heavy atom. The summed E-state index contributed by atoms with van der Waals surface area (Å²) >= 11 is 0. The average Bonchev–Trinajstić information content (AvgIpc) is 2.71. The van der Waals surface area contributed by atoms with Gasteiger partial charge in [0.15, 0.2) is 0 Å². The van der Waals surface area contributed by atoms with Crippen molar-refractivity contribution >= 4 is 5.91 Å². The maximum atomic E-state index is 12.0. The van der Waals surface area contributed by atoms with Crippen LogP contribution in [0.2, 0.25) is 0 Å². The molecular formula is C15H28N2O. The largest absolute Gasteiger partial charge is 0.356 e. The van der Waals surface area contributed by atoms with Crippen molar-refractivity contribution in [2.45, 2.75) is 63.8 Å². The first-order valence-electron chi connectivity index (χ1n) is 7.50. The Kier molecular flexibility index (Phi) is 4.00. The summed E-state index contributed by atoms with van der Waals surface area (Å²) in [6.45, 7) is 3.15. The van der Waals surface area contributed by atoms with Gasteiger partial charge in [-0.25, -0.2) is 0 Å². The summed E-state index contributed by atoms with van der Waals surface area (Å²) in [7, 11) is 4.42. The summed E-state index contributed by atoms with van der Waals surface area (Å²) in [5, 5.41) is 3.03. The molecule has 1 heterocycles. The molecule has 0 bridgehead atoms. The zero-order valence-electron chi connectivity index (χ0n) is 12.2. The first-order chi connectivity index (χ1) is 8.55. The summed E-state index contributed by atoms with van der Waals surface area (Å²) < 4.78 is 0. The quantitative estimate of drug-likeness (QED) is 0.834. The van der Waals surface area contributed by atoms with E-state index in [1.54, 1.807) is 0 Å². The van der Waals surface area contributed by atoms with E-state index >= 15 is 0 Å². The van der Waals surface area contributed by atoms with Crippen LogP contribution in [0.3, 0.4) is 0 Å². The van der Waals surface area contributed by atoms with E-state index < -0.39 is 0 Å². The first kappa shape index (κ1) is 13.9. The summed E-state index contributed by atoms with van der Waals surface area (Å²) in [5.74, 6) is 0.324. The number of nitrogens with one attached hydrogen (secondary N) is 1. The van der Waals surface area contributed by atoms with Crippen LogP contribution >= 0.6 is 0 Å².